The van der Waals surface area contributed by atoms with E-state index in [1.165, 1.54) is 0 Å². The Labute approximate surface area is 152 Å². The molecule has 0 atom stereocenters. The van der Waals surface area contributed by atoms with Crippen molar-refractivity contribution in [1.82, 2.24) is 9.97 Å². The molecule has 3 rings (SSSR count). The van der Waals surface area contributed by atoms with Crippen molar-refractivity contribution in [3.05, 3.63) is 53.9 Å². The van der Waals surface area contributed by atoms with Crippen LogP contribution in [0.2, 0.25) is 0 Å². The van der Waals surface area contributed by atoms with E-state index in [1.54, 1.807) is 13.2 Å². The van der Waals surface area contributed by atoms with E-state index in [0.29, 0.717) is 29.5 Å². The highest BCUT2D eigenvalue weighted by Gasteiger charge is 2.10. The van der Waals surface area contributed by atoms with Crippen LogP contribution in [0.1, 0.15) is 31.2 Å². The number of fused-ring (bicyclic) bond motifs is 1. The number of unbranched alkanes of at least 4 members (excludes halogenated alkanes) is 1. The molecule has 0 fully saturated rings. The molecular weight excluding hydrogens is 326 g/mol. The van der Waals surface area contributed by atoms with Crippen LogP contribution in [0, 0.1) is 11.3 Å². The van der Waals surface area contributed by atoms with Crippen LogP contribution in [0.4, 0.5) is 0 Å². The molecule has 0 saturated carbocycles. The first-order valence-corrected chi connectivity index (χ1v) is 8.63. The fourth-order valence-corrected chi connectivity index (χ4v) is 2.62. The van der Waals surface area contributed by atoms with Crippen molar-refractivity contribution < 1.29 is 9.47 Å². The summed E-state index contributed by atoms with van der Waals surface area (Å²) in [5, 5.41) is 9.58. The average molecular weight is 347 g/mol. The number of hydrogen-bond donors (Lipinski definition) is 1. The van der Waals surface area contributed by atoms with Gasteiger partial charge in [0.25, 0.3) is 0 Å². The summed E-state index contributed by atoms with van der Waals surface area (Å²) in [6.07, 6.45) is 3.84. The summed E-state index contributed by atoms with van der Waals surface area (Å²) in [4.78, 5) is 7.68. The molecule has 1 N–H and O–H groups in total. The molecule has 3 aromatic rings. The van der Waals surface area contributed by atoms with Gasteiger partial charge in [-0.2, -0.15) is 5.26 Å². The molecule has 0 saturated heterocycles. The number of imidazole rings is 1. The molecule has 5 nitrogen and oxygen atoms in total. The summed E-state index contributed by atoms with van der Waals surface area (Å²) in [6.45, 7) is 2.75. The normalized spacial score (nSPS) is 11.3. The van der Waals surface area contributed by atoms with Crippen molar-refractivity contribution in [1.29, 1.82) is 5.26 Å². The van der Waals surface area contributed by atoms with E-state index in [9.17, 15) is 5.26 Å². The second-order valence-electron chi connectivity index (χ2n) is 5.88. The van der Waals surface area contributed by atoms with Gasteiger partial charge in [-0.3, -0.25) is 0 Å². The zero-order valence-electron chi connectivity index (χ0n) is 15.0. The van der Waals surface area contributed by atoms with Gasteiger partial charge in [0.15, 0.2) is 11.5 Å². The minimum absolute atomic E-state index is 0.464. The van der Waals surface area contributed by atoms with E-state index in [2.05, 4.69) is 23.0 Å². The van der Waals surface area contributed by atoms with E-state index >= 15 is 0 Å². The number of nitrogens with one attached hydrogen (secondary N) is 1. The number of benzene rings is 2. The van der Waals surface area contributed by atoms with Crippen LogP contribution in [0.15, 0.2) is 42.5 Å². The molecule has 1 heterocycles. The molecule has 2 aromatic carbocycles. The van der Waals surface area contributed by atoms with Crippen molar-refractivity contribution in [3.63, 3.8) is 0 Å². The minimum Gasteiger partial charge on any atom is -0.493 e. The largest absolute Gasteiger partial charge is 0.493 e. The van der Waals surface area contributed by atoms with Gasteiger partial charge in [-0.05, 0) is 42.3 Å². The van der Waals surface area contributed by atoms with Crippen molar-refractivity contribution in [2.24, 2.45) is 0 Å². The number of para-hydroxylation sites is 2. The van der Waals surface area contributed by atoms with Crippen molar-refractivity contribution >= 4 is 22.7 Å². The highest BCUT2D eigenvalue weighted by atomic mass is 16.5. The Bertz CT molecular complexity index is 934. The number of aromatic nitrogens is 2. The molecule has 132 valence electrons. The number of aromatic amines is 1. The van der Waals surface area contributed by atoms with Crippen molar-refractivity contribution in [2.75, 3.05) is 13.7 Å². The van der Waals surface area contributed by atoms with Gasteiger partial charge >= 0.3 is 0 Å². The van der Waals surface area contributed by atoms with E-state index in [4.69, 9.17) is 9.47 Å². The third-order valence-corrected chi connectivity index (χ3v) is 4.02. The van der Waals surface area contributed by atoms with Gasteiger partial charge in [0.1, 0.15) is 11.9 Å². The second kappa shape index (κ2) is 8.21. The Morgan fingerprint density at radius 3 is 2.81 bits per heavy atom. The van der Waals surface area contributed by atoms with E-state index in [1.807, 2.05) is 42.5 Å². The molecule has 0 bridgehead atoms. The summed E-state index contributed by atoms with van der Waals surface area (Å²) in [5.74, 6) is 1.91. The van der Waals surface area contributed by atoms with Gasteiger partial charge < -0.3 is 14.5 Å². The first kappa shape index (κ1) is 17.6. The highest BCUT2D eigenvalue weighted by molar-refractivity contribution is 5.90. The van der Waals surface area contributed by atoms with Crippen LogP contribution in [0.25, 0.3) is 22.7 Å². The molecule has 0 spiro atoms. The first-order valence-electron chi connectivity index (χ1n) is 8.63. The number of hydrogen-bond acceptors (Lipinski definition) is 4. The van der Waals surface area contributed by atoms with Crippen LogP contribution in [0.5, 0.6) is 11.5 Å². The van der Waals surface area contributed by atoms with Gasteiger partial charge in [0.05, 0.1) is 30.3 Å². The fourth-order valence-electron chi connectivity index (χ4n) is 2.62. The number of allylic oxidation sites excluding steroid dienone is 1. The van der Waals surface area contributed by atoms with E-state index in [-0.39, 0.29) is 0 Å². The topological polar surface area (TPSA) is 70.9 Å². The zero-order valence-corrected chi connectivity index (χ0v) is 15.0. The van der Waals surface area contributed by atoms with Crippen LogP contribution in [0.3, 0.4) is 0 Å². The first-order chi connectivity index (χ1) is 12.7. The van der Waals surface area contributed by atoms with Gasteiger partial charge in [0.2, 0.25) is 0 Å². The maximum Gasteiger partial charge on any atom is 0.161 e. The molecule has 0 aliphatic rings. The minimum atomic E-state index is 0.464. The SMILES string of the molecule is CCCCOc1cc(/C=C(\C#N)c2nc3ccccc3[nH]2)ccc1OC. The quantitative estimate of drug-likeness (QED) is 0.491. The maximum atomic E-state index is 9.58. The lowest BCUT2D eigenvalue weighted by atomic mass is 10.1. The van der Waals surface area contributed by atoms with Gasteiger partial charge in [-0.1, -0.05) is 31.5 Å². The molecule has 0 radical (unpaired) electrons. The molecule has 0 aliphatic carbocycles. The Balaban J connectivity index is 1.93. The summed E-state index contributed by atoms with van der Waals surface area (Å²) in [6, 6.07) is 15.6. The standard InChI is InChI=1S/C21H21N3O2/c1-3-4-11-26-20-13-15(9-10-19(20)25-2)12-16(14-22)21-23-17-7-5-6-8-18(17)24-21/h5-10,12-13H,3-4,11H2,1-2H3,(H,23,24)/b16-12+. The lowest BCUT2D eigenvalue weighted by Crippen LogP contribution is -1.99. The number of nitrogens with zero attached hydrogens (tertiary/aromatic N) is 2. The Kier molecular flexibility index (Phi) is 5.55. The number of methoxy groups -OCH3 is 1. The number of ether oxygens (including phenoxy) is 2. The van der Waals surface area contributed by atoms with Gasteiger partial charge in [-0.25, -0.2) is 4.98 Å². The predicted octanol–water partition coefficient (Wildman–Crippen LogP) is 4.81. The summed E-state index contributed by atoms with van der Waals surface area (Å²) in [5.41, 5.74) is 3.06. The third kappa shape index (κ3) is 3.86. The molecule has 26 heavy (non-hydrogen) atoms. The summed E-state index contributed by atoms with van der Waals surface area (Å²) in [7, 11) is 1.62. The lowest BCUT2D eigenvalue weighted by molar-refractivity contribution is 0.288. The van der Waals surface area contributed by atoms with E-state index in [0.717, 1.165) is 29.4 Å². The smallest absolute Gasteiger partial charge is 0.161 e. The fraction of sp³-hybridized carbons (Fsp3) is 0.238. The third-order valence-electron chi connectivity index (χ3n) is 4.02. The van der Waals surface area contributed by atoms with Gasteiger partial charge in [-0.15, -0.1) is 0 Å². The molecular formula is C21H21N3O2. The predicted molar refractivity (Wildman–Crippen MR) is 103 cm³/mol. The number of H-pyrrole nitrogens is 1. The summed E-state index contributed by atoms with van der Waals surface area (Å²) < 4.78 is 11.2. The second-order valence-corrected chi connectivity index (χ2v) is 5.88. The van der Waals surface area contributed by atoms with Crippen LogP contribution in [-0.2, 0) is 0 Å². The molecule has 0 aliphatic heterocycles. The number of rotatable bonds is 7. The molecule has 5 heteroatoms. The Morgan fingerprint density at radius 1 is 1.23 bits per heavy atom. The summed E-state index contributed by atoms with van der Waals surface area (Å²) >= 11 is 0. The Morgan fingerprint density at radius 2 is 2.08 bits per heavy atom. The van der Waals surface area contributed by atoms with E-state index < -0.39 is 0 Å². The average Bonchev–Trinajstić information content (AvgIpc) is 3.10. The van der Waals surface area contributed by atoms with Gasteiger partial charge in [0, 0.05) is 0 Å². The zero-order chi connectivity index (χ0) is 18.4. The molecule has 1 aromatic heterocycles. The molecule has 0 amide bonds. The van der Waals surface area contributed by atoms with Crippen LogP contribution < -0.4 is 9.47 Å². The maximum absolute atomic E-state index is 9.58. The monoisotopic (exact) mass is 347 g/mol. The highest BCUT2D eigenvalue weighted by Crippen LogP contribution is 2.30. The van der Waals surface area contributed by atoms with Crippen LogP contribution >= 0.6 is 0 Å². The number of nitriles is 1. The van der Waals surface area contributed by atoms with Crippen molar-refractivity contribution in [3.8, 4) is 17.6 Å². The Hall–Kier alpha value is -3.26. The molecule has 0 unspecified atom stereocenters. The van der Waals surface area contributed by atoms with Crippen LogP contribution in [-0.4, -0.2) is 23.7 Å². The lowest BCUT2D eigenvalue weighted by Gasteiger charge is -2.11. The van der Waals surface area contributed by atoms with Crippen molar-refractivity contribution in [2.45, 2.75) is 19.8 Å².